The fourth-order valence-corrected chi connectivity index (χ4v) is 1.58. The maximum atomic E-state index is 9.30. The van der Waals surface area contributed by atoms with Gasteiger partial charge in [-0.1, -0.05) is 20.3 Å². The van der Waals surface area contributed by atoms with Gasteiger partial charge in [0.2, 0.25) is 0 Å². The van der Waals surface area contributed by atoms with Crippen LogP contribution in [0.25, 0.3) is 0 Å². The Morgan fingerprint density at radius 2 is 1.79 bits per heavy atom. The van der Waals surface area contributed by atoms with Crippen LogP contribution in [0.15, 0.2) is 0 Å². The maximum absolute atomic E-state index is 9.30. The molecule has 0 aromatic heterocycles. The minimum absolute atomic E-state index is 0.150. The zero-order valence-corrected chi connectivity index (χ0v) is 10.3. The lowest BCUT2D eigenvalue weighted by Gasteiger charge is -2.17. The fraction of sp³-hybridized carbons (Fsp3) is 1.00. The van der Waals surface area contributed by atoms with Gasteiger partial charge in [-0.25, -0.2) is 0 Å². The smallest absolute Gasteiger partial charge is 0.0537 e. The van der Waals surface area contributed by atoms with Crippen molar-refractivity contribution < 1.29 is 5.11 Å². The van der Waals surface area contributed by atoms with Crippen LogP contribution in [0.2, 0.25) is 0 Å². The molecule has 0 fully saturated rings. The molecular weight excluding hydrogens is 174 g/mol. The van der Waals surface area contributed by atoms with Crippen molar-refractivity contribution in [1.29, 1.82) is 0 Å². The average molecular weight is 201 g/mol. The summed E-state index contributed by atoms with van der Waals surface area (Å²) in [7, 11) is 2.18. The molecule has 2 heteroatoms. The second kappa shape index (κ2) is 8.25. The summed E-state index contributed by atoms with van der Waals surface area (Å²) >= 11 is 0. The molecule has 0 bridgehead atoms. The van der Waals surface area contributed by atoms with Gasteiger partial charge in [0, 0.05) is 0 Å². The van der Waals surface area contributed by atoms with E-state index in [0.29, 0.717) is 5.92 Å². The maximum Gasteiger partial charge on any atom is 0.0537 e. The van der Waals surface area contributed by atoms with E-state index in [1.54, 1.807) is 0 Å². The number of unbranched alkanes of at least 4 members (excludes halogenated alkanes) is 1. The van der Waals surface area contributed by atoms with Crippen molar-refractivity contribution in [2.75, 3.05) is 20.1 Å². The summed E-state index contributed by atoms with van der Waals surface area (Å²) < 4.78 is 0. The van der Waals surface area contributed by atoms with Gasteiger partial charge in [0.15, 0.2) is 0 Å². The van der Waals surface area contributed by atoms with Gasteiger partial charge in [-0.05, 0) is 52.2 Å². The van der Waals surface area contributed by atoms with Gasteiger partial charge in [0.1, 0.15) is 0 Å². The largest absolute Gasteiger partial charge is 0.393 e. The van der Waals surface area contributed by atoms with Crippen molar-refractivity contribution in [1.82, 2.24) is 4.90 Å². The molecule has 0 amide bonds. The van der Waals surface area contributed by atoms with Crippen LogP contribution in [-0.4, -0.2) is 36.2 Å². The average Bonchev–Trinajstić information content (AvgIpc) is 2.12. The lowest BCUT2D eigenvalue weighted by atomic mass is 9.99. The second-order valence-electron chi connectivity index (χ2n) is 4.52. The van der Waals surface area contributed by atoms with Crippen LogP contribution in [0.1, 0.15) is 46.5 Å². The molecule has 0 rings (SSSR count). The fourth-order valence-electron chi connectivity index (χ4n) is 1.58. The lowest BCUT2D eigenvalue weighted by molar-refractivity contribution is 0.128. The van der Waals surface area contributed by atoms with Crippen molar-refractivity contribution >= 4 is 0 Å². The van der Waals surface area contributed by atoms with Crippen LogP contribution in [0, 0.1) is 5.92 Å². The van der Waals surface area contributed by atoms with E-state index in [1.165, 1.54) is 32.4 Å². The highest BCUT2D eigenvalue weighted by molar-refractivity contribution is 4.60. The Morgan fingerprint density at radius 3 is 2.29 bits per heavy atom. The van der Waals surface area contributed by atoms with Gasteiger partial charge in [0.05, 0.1) is 6.10 Å². The minimum atomic E-state index is -0.150. The molecule has 86 valence electrons. The summed E-state index contributed by atoms with van der Waals surface area (Å²) in [6.07, 6.45) is 4.73. The van der Waals surface area contributed by atoms with Gasteiger partial charge < -0.3 is 10.0 Å². The number of hydrogen-bond donors (Lipinski definition) is 1. The first-order valence-electron chi connectivity index (χ1n) is 5.94. The van der Waals surface area contributed by atoms with E-state index in [1.807, 2.05) is 6.92 Å². The molecule has 0 spiro atoms. The minimum Gasteiger partial charge on any atom is -0.393 e. The molecule has 0 aliphatic rings. The van der Waals surface area contributed by atoms with Gasteiger partial charge in [0.25, 0.3) is 0 Å². The van der Waals surface area contributed by atoms with E-state index in [-0.39, 0.29) is 6.10 Å². The summed E-state index contributed by atoms with van der Waals surface area (Å²) in [4.78, 5) is 2.38. The summed E-state index contributed by atoms with van der Waals surface area (Å²) in [5, 5.41) is 9.30. The Morgan fingerprint density at radius 1 is 1.14 bits per heavy atom. The Labute approximate surface area is 89.3 Å². The first-order valence-corrected chi connectivity index (χ1v) is 5.94. The zero-order chi connectivity index (χ0) is 11.0. The summed E-state index contributed by atoms with van der Waals surface area (Å²) in [5.74, 6) is 0.450. The molecule has 2 nitrogen and oxygen atoms in total. The van der Waals surface area contributed by atoms with Gasteiger partial charge in [-0.15, -0.1) is 0 Å². The molecule has 0 radical (unpaired) electrons. The summed E-state index contributed by atoms with van der Waals surface area (Å²) in [6, 6.07) is 0. The SMILES string of the molecule is CCCN(C)CCCCC(C)C(C)O. The molecule has 1 N–H and O–H groups in total. The van der Waals surface area contributed by atoms with Crippen LogP contribution in [0.4, 0.5) is 0 Å². The van der Waals surface area contributed by atoms with E-state index >= 15 is 0 Å². The third kappa shape index (κ3) is 7.34. The first kappa shape index (κ1) is 13.9. The quantitative estimate of drug-likeness (QED) is 0.610. The molecule has 0 heterocycles. The molecule has 0 saturated carbocycles. The number of aliphatic hydroxyl groups is 1. The first-order chi connectivity index (χ1) is 6.57. The lowest BCUT2D eigenvalue weighted by Crippen LogP contribution is -2.20. The summed E-state index contributed by atoms with van der Waals surface area (Å²) in [5.41, 5.74) is 0. The van der Waals surface area contributed by atoms with Gasteiger partial charge in [-0.2, -0.15) is 0 Å². The number of hydrogen-bond acceptors (Lipinski definition) is 2. The van der Waals surface area contributed by atoms with E-state index < -0.39 is 0 Å². The Bertz CT molecular complexity index is 125. The zero-order valence-electron chi connectivity index (χ0n) is 10.3. The topological polar surface area (TPSA) is 23.5 Å². The molecule has 2 unspecified atom stereocenters. The highest BCUT2D eigenvalue weighted by Gasteiger charge is 2.07. The number of rotatable bonds is 8. The van der Waals surface area contributed by atoms with E-state index in [4.69, 9.17) is 0 Å². The predicted molar refractivity (Wildman–Crippen MR) is 62.5 cm³/mol. The normalized spacial score (nSPS) is 15.9. The molecule has 0 aromatic rings. The monoisotopic (exact) mass is 201 g/mol. The van der Waals surface area contributed by atoms with Crippen molar-refractivity contribution in [3.05, 3.63) is 0 Å². The van der Waals surface area contributed by atoms with E-state index in [0.717, 1.165) is 6.42 Å². The highest BCUT2D eigenvalue weighted by Crippen LogP contribution is 2.11. The molecular formula is C12H27NO. The summed E-state index contributed by atoms with van der Waals surface area (Å²) in [6.45, 7) is 8.62. The molecule has 0 aromatic carbocycles. The Hall–Kier alpha value is -0.0800. The second-order valence-corrected chi connectivity index (χ2v) is 4.52. The molecule has 0 aliphatic heterocycles. The van der Waals surface area contributed by atoms with Crippen LogP contribution < -0.4 is 0 Å². The standard InChI is InChI=1S/C12H27NO/c1-5-9-13(4)10-7-6-8-11(2)12(3)14/h11-12,14H,5-10H2,1-4H3. The van der Waals surface area contributed by atoms with Crippen molar-refractivity contribution in [2.45, 2.75) is 52.6 Å². The Kier molecular flexibility index (Phi) is 8.20. The molecule has 2 atom stereocenters. The van der Waals surface area contributed by atoms with Crippen LogP contribution in [0.3, 0.4) is 0 Å². The van der Waals surface area contributed by atoms with Crippen molar-refractivity contribution in [2.24, 2.45) is 5.92 Å². The Balaban J connectivity index is 3.28. The predicted octanol–water partition coefficient (Wildman–Crippen LogP) is 2.52. The van der Waals surface area contributed by atoms with Gasteiger partial charge in [-0.3, -0.25) is 0 Å². The number of aliphatic hydroxyl groups excluding tert-OH is 1. The van der Waals surface area contributed by atoms with E-state index in [9.17, 15) is 5.11 Å². The molecule has 14 heavy (non-hydrogen) atoms. The third-order valence-electron chi connectivity index (χ3n) is 2.88. The number of nitrogens with zero attached hydrogens (tertiary/aromatic N) is 1. The van der Waals surface area contributed by atoms with Gasteiger partial charge >= 0.3 is 0 Å². The van der Waals surface area contributed by atoms with E-state index in [2.05, 4.69) is 25.8 Å². The van der Waals surface area contributed by atoms with Crippen molar-refractivity contribution in [3.8, 4) is 0 Å². The molecule has 0 saturated heterocycles. The van der Waals surface area contributed by atoms with Crippen LogP contribution in [-0.2, 0) is 0 Å². The van der Waals surface area contributed by atoms with Crippen LogP contribution in [0.5, 0.6) is 0 Å². The molecule has 0 aliphatic carbocycles. The van der Waals surface area contributed by atoms with Crippen molar-refractivity contribution in [3.63, 3.8) is 0 Å². The third-order valence-corrected chi connectivity index (χ3v) is 2.88. The van der Waals surface area contributed by atoms with Crippen LogP contribution >= 0.6 is 0 Å². The highest BCUT2D eigenvalue weighted by atomic mass is 16.3.